The summed E-state index contributed by atoms with van der Waals surface area (Å²) >= 11 is 0. The van der Waals surface area contributed by atoms with E-state index in [1.165, 1.54) is 0 Å². The Morgan fingerprint density at radius 3 is 2.14 bits per heavy atom. The largest absolute Gasteiger partial charge is 0.366 e. The Hall–Kier alpha value is -0.830. The van der Waals surface area contributed by atoms with E-state index in [4.69, 9.17) is 11.5 Å². The van der Waals surface area contributed by atoms with Crippen molar-refractivity contribution in [3.8, 4) is 0 Å². The molecule has 4 N–H and O–H groups in total. The zero-order valence-electron chi connectivity index (χ0n) is 9.63. The van der Waals surface area contributed by atoms with Crippen molar-refractivity contribution in [2.45, 2.75) is 46.6 Å². The van der Waals surface area contributed by atoms with Crippen LogP contribution in [0.15, 0.2) is 11.1 Å². The van der Waals surface area contributed by atoms with Gasteiger partial charge >= 0.3 is 0 Å². The van der Waals surface area contributed by atoms with E-state index in [0.29, 0.717) is 5.57 Å². The minimum Gasteiger partial charge on any atom is -0.366 e. The third-order valence-electron chi connectivity index (χ3n) is 2.42. The van der Waals surface area contributed by atoms with Crippen LogP contribution in [-0.2, 0) is 4.79 Å². The molecule has 0 aromatic carbocycles. The van der Waals surface area contributed by atoms with Crippen LogP contribution in [0.1, 0.15) is 40.5 Å². The number of primary amides is 1. The predicted octanol–water partition coefficient (Wildman–Crippen LogP) is 1.57. The number of carbonyl (C=O) groups excluding carboxylic acids is 1. The van der Waals surface area contributed by atoms with Gasteiger partial charge in [0.15, 0.2) is 0 Å². The summed E-state index contributed by atoms with van der Waals surface area (Å²) in [6, 6.07) is -0.0371. The summed E-state index contributed by atoms with van der Waals surface area (Å²) in [5.74, 6) is -0.195. The average molecular weight is 198 g/mol. The first-order valence-corrected chi connectivity index (χ1v) is 5.17. The highest BCUT2D eigenvalue weighted by molar-refractivity contribution is 5.93. The molecule has 1 atom stereocenters. The van der Waals surface area contributed by atoms with Crippen LogP contribution in [0, 0.1) is 5.92 Å². The molecule has 0 aliphatic rings. The van der Waals surface area contributed by atoms with Crippen LogP contribution in [0.2, 0.25) is 0 Å². The van der Waals surface area contributed by atoms with E-state index in [2.05, 4.69) is 6.92 Å². The SMILES string of the molecule is CCCC(N)/C(C)=C(\C(N)=O)C(C)C. The van der Waals surface area contributed by atoms with Gasteiger partial charge in [0.25, 0.3) is 0 Å². The van der Waals surface area contributed by atoms with Crippen molar-refractivity contribution in [1.29, 1.82) is 0 Å². The van der Waals surface area contributed by atoms with Gasteiger partial charge in [0.1, 0.15) is 0 Å². The Labute approximate surface area is 86.5 Å². The van der Waals surface area contributed by atoms with Crippen LogP contribution < -0.4 is 11.5 Å². The molecule has 0 rings (SSSR count). The molecule has 1 unspecified atom stereocenters. The highest BCUT2D eigenvalue weighted by Crippen LogP contribution is 2.18. The molecule has 0 saturated heterocycles. The second kappa shape index (κ2) is 5.81. The summed E-state index contributed by atoms with van der Waals surface area (Å²) < 4.78 is 0. The van der Waals surface area contributed by atoms with Crippen LogP contribution in [0.5, 0.6) is 0 Å². The van der Waals surface area contributed by atoms with Gasteiger partial charge in [-0.3, -0.25) is 4.79 Å². The normalized spacial score (nSPS) is 15.3. The van der Waals surface area contributed by atoms with E-state index >= 15 is 0 Å². The first-order valence-electron chi connectivity index (χ1n) is 5.17. The highest BCUT2D eigenvalue weighted by atomic mass is 16.1. The molecule has 82 valence electrons. The minimum atomic E-state index is -0.343. The Kier molecular flexibility index (Phi) is 5.46. The summed E-state index contributed by atoms with van der Waals surface area (Å²) in [4.78, 5) is 11.2. The third-order valence-corrected chi connectivity index (χ3v) is 2.42. The lowest BCUT2D eigenvalue weighted by Crippen LogP contribution is -2.28. The van der Waals surface area contributed by atoms with Crippen LogP contribution in [0.25, 0.3) is 0 Å². The summed E-state index contributed by atoms with van der Waals surface area (Å²) in [6.45, 7) is 7.90. The molecule has 0 aliphatic heterocycles. The quantitative estimate of drug-likeness (QED) is 0.658. The van der Waals surface area contributed by atoms with E-state index in [1.54, 1.807) is 0 Å². The van der Waals surface area contributed by atoms with Gasteiger partial charge in [-0.1, -0.05) is 27.2 Å². The van der Waals surface area contributed by atoms with Crippen LogP contribution >= 0.6 is 0 Å². The van der Waals surface area contributed by atoms with Gasteiger partial charge in [0.05, 0.1) is 0 Å². The Morgan fingerprint density at radius 2 is 1.86 bits per heavy atom. The van der Waals surface area contributed by atoms with E-state index in [9.17, 15) is 4.79 Å². The number of nitrogens with two attached hydrogens (primary N) is 2. The predicted molar refractivity (Wildman–Crippen MR) is 59.6 cm³/mol. The van der Waals surface area contributed by atoms with Crippen molar-refractivity contribution in [2.24, 2.45) is 17.4 Å². The maximum absolute atomic E-state index is 11.2. The van der Waals surface area contributed by atoms with E-state index in [1.807, 2.05) is 20.8 Å². The van der Waals surface area contributed by atoms with Gasteiger partial charge in [-0.25, -0.2) is 0 Å². The number of rotatable bonds is 5. The third kappa shape index (κ3) is 3.50. The molecule has 0 fully saturated rings. The number of carbonyl (C=O) groups is 1. The summed E-state index contributed by atoms with van der Waals surface area (Å²) in [5, 5.41) is 0. The smallest absolute Gasteiger partial charge is 0.244 e. The number of amides is 1. The molecule has 0 aromatic heterocycles. The standard InChI is InChI=1S/C11H22N2O/c1-5-6-9(12)8(4)10(7(2)3)11(13)14/h7,9H,5-6,12H2,1-4H3,(H2,13,14)/b10-8-. The lowest BCUT2D eigenvalue weighted by atomic mass is 9.92. The molecule has 1 amide bonds. The van der Waals surface area contributed by atoms with Gasteiger partial charge in [0.2, 0.25) is 5.91 Å². The average Bonchev–Trinajstić information content (AvgIpc) is 2.03. The summed E-state index contributed by atoms with van der Waals surface area (Å²) in [6.07, 6.45) is 1.91. The molecule has 3 nitrogen and oxygen atoms in total. The minimum absolute atomic E-state index is 0.0371. The maximum Gasteiger partial charge on any atom is 0.244 e. The van der Waals surface area contributed by atoms with Crippen molar-refractivity contribution < 1.29 is 4.79 Å². The highest BCUT2D eigenvalue weighted by Gasteiger charge is 2.16. The fraction of sp³-hybridized carbons (Fsp3) is 0.727. The van der Waals surface area contributed by atoms with Crippen molar-refractivity contribution >= 4 is 5.91 Å². The second-order valence-electron chi connectivity index (χ2n) is 4.01. The summed E-state index contributed by atoms with van der Waals surface area (Å²) in [7, 11) is 0. The van der Waals surface area contributed by atoms with Crippen molar-refractivity contribution in [2.75, 3.05) is 0 Å². The van der Waals surface area contributed by atoms with Gasteiger partial charge in [0, 0.05) is 11.6 Å². The fourth-order valence-corrected chi connectivity index (χ4v) is 1.66. The van der Waals surface area contributed by atoms with Crippen LogP contribution in [0.4, 0.5) is 0 Å². The summed E-state index contributed by atoms with van der Waals surface area (Å²) in [5.41, 5.74) is 12.9. The van der Waals surface area contributed by atoms with Crippen LogP contribution in [0.3, 0.4) is 0 Å². The van der Waals surface area contributed by atoms with Gasteiger partial charge in [-0.05, 0) is 24.8 Å². The molecule has 14 heavy (non-hydrogen) atoms. The lowest BCUT2D eigenvalue weighted by molar-refractivity contribution is -0.115. The van der Waals surface area contributed by atoms with E-state index < -0.39 is 0 Å². The molecular formula is C11H22N2O. The molecule has 0 aliphatic carbocycles. The zero-order chi connectivity index (χ0) is 11.3. The first-order chi connectivity index (χ1) is 6.41. The molecule has 0 radical (unpaired) electrons. The first kappa shape index (κ1) is 13.2. The Morgan fingerprint density at radius 1 is 1.36 bits per heavy atom. The van der Waals surface area contributed by atoms with Gasteiger partial charge in [-0.15, -0.1) is 0 Å². The molecule has 3 heteroatoms. The molecule has 0 saturated carbocycles. The number of hydrogen-bond donors (Lipinski definition) is 2. The monoisotopic (exact) mass is 198 g/mol. The van der Waals surface area contributed by atoms with E-state index in [0.717, 1.165) is 18.4 Å². The van der Waals surface area contributed by atoms with E-state index in [-0.39, 0.29) is 17.9 Å². The zero-order valence-corrected chi connectivity index (χ0v) is 9.63. The van der Waals surface area contributed by atoms with Gasteiger partial charge < -0.3 is 11.5 Å². The molecule has 0 aromatic rings. The maximum atomic E-state index is 11.2. The molecule has 0 spiro atoms. The Balaban J connectivity index is 4.89. The van der Waals surface area contributed by atoms with Crippen molar-refractivity contribution in [3.05, 3.63) is 11.1 Å². The molecular weight excluding hydrogens is 176 g/mol. The van der Waals surface area contributed by atoms with Gasteiger partial charge in [-0.2, -0.15) is 0 Å². The Bertz CT molecular complexity index is 231. The molecule has 0 heterocycles. The van der Waals surface area contributed by atoms with Crippen molar-refractivity contribution in [1.82, 2.24) is 0 Å². The number of hydrogen-bond acceptors (Lipinski definition) is 2. The van der Waals surface area contributed by atoms with Crippen molar-refractivity contribution in [3.63, 3.8) is 0 Å². The topological polar surface area (TPSA) is 69.1 Å². The fourth-order valence-electron chi connectivity index (χ4n) is 1.66. The van der Waals surface area contributed by atoms with Crippen LogP contribution in [-0.4, -0.2) is 11.9 Å². The second-order valence-corrected chi connectivity index (χ2v) is 4.01. The molecule has 0 bridgehead atoms. The lowest BCUT2D eigenvalue weighted by Gasteiger charge is -2.17.